The first kappa shape index (κ1) is 8.28. The first-order chi connectivity index (χ1) is 6.15. The molecule has 0 amide bonds. The minimum absolute atomic E-state index is 0.0451. The minimum Gasteiger partial charge on any atom is -0.393 e. The molecule has 74 valence electrons. The molecular weight excluding hydrogens is 160 g/mol. The van der Waals surface area contributed by atoms with Crippen molar-refractivity contribution in [2.45, 2.75) is 58.0 Å². The summed E-state index contributed by atoms with van der Waals surface area (Å²) in [4.78, 5) is 0. The third-order valence-electron chi connectivity index (χ3n) is 5.12. The van der Waals surface area contributed by atoms with Gasteiger partial charge in [0.2, 0.25) is 0 Å². The molecule has 0 saturated heterocycles. The highest BCUT2D eigenvalue weighted by atomic mass is 16.3. The molecule has 0 bridgehead atoms. The molecule has 0 aromatic carbocycles. The van der Waals surface area contributed by atoms with E-state index in [0.717, 1.165) is 12.3 Å². The number of aliphatic hydroxyl groups is 1. The van der Waals surface area contributed by atoms with Gasteiger partial charge in [0.15, 0.2) is 0 Å². The number of rotatable bonds is 1. The maximum Gasteiger partial charge on any atom is 0.0599 e. The molecule has 3 aliphatic carbocycles. The zero-order chi connectivity index (χ0) is 9.10. The molecule has 1 N–H and O–H groups in total. The van der Waals surface area contributed by atoms with Crippen LogP contribution in [-0.4, -0.2) is 11.2 Å². The Balaban J connectivity index is 1.69. The van der Waals surface area contributed by atoms with Crippen LogP contribution in [0.15, 0.2) is 0 Å². The predicted octanol–water partition coefficient (Wildman–Crippen LogP) is 2.73. The molecule has 0 aromatic heterocycles. The van der Waals surface area contributed by atoms with Crippen molar-refractivity contribution in [3.63, 3.8) is 0 Å². The van der Waals surface area contributed by atoms with Gasteiger partial charge in [0, 0.05) is 0 Å². The first-order valence-corrected chi connectivity index (χ1v) is 5.83. The van der Waals surface area contributed by atoms with Crippen LogP contribution in [0.5, 0.6) is 0 Å². The summed E-state index contributed by atoms with van der Waals surface area (Å²) in [6, 6.07) is 0. The monoisotopic (exact) mass is 180 g/mol. The Morgan fingerprint density at radius 1 is 1.08 bits per heavy atom. The van der Waals surface area contributed by atoms with Gasteiger partial charge in [0.05, 0.1) is 6.10 Å². The van der Waals surface area contributed by atoms with Crippen molar-refractivity contribution in [2.24, 2.45) is 16.7 Å². The van der Waals surface area contributed by atoms with Crippen LogP contribution in [0, 0.1) is 16.7 Å². The van der Waals surface area contributed by atoms with Gasteiger partial charge in [0.25, 0.3) is 0 Å². The molecule has 3 saturated carbocycles. The summed E-state index contributed by atoms with van der Waals surface area (Å²) < 4.78 is 0. The van der Waals surface area contributed by atoms with Crippen LogP contribution in [0.4, 0.5) is 0 Å². The van der Waals surface area contributed by atoms with Gasteiger partial charge in [0.1, 0.15) is 0 Å². The maximum absolute atomic E-state index is 10.1. The van der Waals surface area contributed by atoms with Gasteiger partial charge < -0.3 is 5.11 Å². The van der Waals surface area contributed by atoms with E-state index < -0.39 is 0 Å². The van der Waals surface area contributed by atoms with Crippen LogP contribution in [0.3, 0.4) is 0 Å². The minimum atomic E-state index is 0.0451. The Morgan fingerprint density at radius 3 is 2.23 bits per heavy atom. The average molecular weight is 180 g/mol. The van der Waals surface area contributed by atoms with Gasteiger partial charge in [-0.25, -0.2) is 0 Å². The molecule has 13 heavy (non-hydrogen) atoms. The zero-order valence-electron chi connectivity index (χ0n) is 8.55. The van der Waals surface area contributed by atoms with E-state index in [1.807, 2.05) is 0 Å². The quantitative estimate of drug-likeness (QED) is 0.658. The van der Waals surface area contributed by atoms with Crippen LogP contribution in [0.25, 0.3) is 0 Å². The molecule has 1 heteroatoms. The molecule has 2 atom stereocenters. The van der Waals surface area contributed by atoms with Crippen LogP contribution in [0.2, 0.25) is 0 Å². The Labute approximate surface area is 80.5 Å². The second kappa shape index (κ2) is 2.31. The highest BCUT2D eigenvalue weighted by molar-refractivity contribution is 5.06. The highest BCUT2D eigenvalue weighted by Gasteiger charge is 2.55. The van der Waals surface area contributed by atoms with E-state index in [-0.39, 0.29) is 6.10 Å². The second-order valence-electron chi connectivity index (χ2n) is 6.00. The molecule has 3 aliphatic rings. The summed E-state index contributed by atoms with van der Waals surface area (Å²) in [7, 11) is 0. The van der Waals surface area contributed by atoms with Crippen LogP contribution >= 0.6 is 0 Å². The van der Waals surface area contributed by atoms with Crippen molar-refractivity contribution < 1.29 is 5.11 Å². The molecule has 3 fully saturated rings. The van der Waals surface area contributed by atoms with E-state index in [2.05, 4.69) is 6.92 Å². The zero-order valence-corrected chi connectivity index (χ0v) is 8.55. The molecule has 1 spiro atoms. The number of hydrogen-bond acceptors (Lipinski definition) is 1. The Morgan fingerprint density at radius 2 is 1.77 bits per heavy atom. The summed E-state index contributed by atoms with van der Waals surface area (Å²) in [6.45, 7) is 2.41. The molecule has 0 aliphatic heterocycles. The summed E-state index contributed by atoms with van der Waals surface area (Å²) in [5.74, 6) is 0.841. The Kier molecular flexibility index (Phi) is 1.47. The SMILES string of the molecule is CC1([C@@H]2CCC3(CC3)C(O)C2)CC1. The van der Waals surface area contributed by atoms with Gasteiger partial charge in [-0.05, 0) is 61.7 Å². The molecule has 1 unspecified atom stereocenters. The average Bonchev–Trinajstić information content (AvgIpc) is 2.97. The van der Waals surface area contributed by atoms with Crippen molar-refractivity contribution in [2.75, 3.05) is 0 Å². The molecule has 0 heterocycles. The van der Waals surface area contributed by atoms with Crippen LogP contribution < -0.4 is 0 Å². The van der Waals surface area contributed by atoms with E-state index in [0.29, 0.717) is 10.8 Å². The van der Waals surface area contributed by atoms with Gasteiger partial charge in [-0.15, -0.1) is 0 Å². The van der Waals surface area contributed by atoms with Gasteiger partial charge in [-0.2, -0.15) is 0 Å². The normalized spacial score (nSPS) is 44.8. The summed E-state index contributed by atoms with van der Waals surface area (Å²) in [5, 5.41) is 10.1. The van der Waals surface area contributed by atoms with Crippen LogP contribution in [0.1, 0.15) is 51.9 Å². The van der Waals surface area contributed by atoms with Crippen molar-refractivity contribution >= 4 is 0 Å². The fourth-order valence-corrected chi connectivity index (χ4v) is 3.25. The van der Waals surface area contributed by atoms with Gasteiger partial charge >= 0.3 is 0 Å². The molecule has 3 rings (SSSR count). The number of aliphatic hydroxyl groups excluding tert-OH is 1. The van der Waals surface area contributed by atoms with E-state index in [1.54, 1.807) is 0 Å². The standard InChI is InChI=1S/C12H20O/c1-11(4-5-11)9-2-3-12(6-7-12)10(13)8-9/h9-10,13H,2-8H2,1H3/t9-,10?/m1/s1. The van der Waals surface area contributed by atoms with E-state index >= 15 is 0 Å². The number of hydrogen-bond donors (Lipinski definition) is 1. The van der Waals surface area contributed by atoms with Gasteiger partial charge in [-0.1, -0.05) is 6.92 Å². The van der Waals surface area contributed by atoms with Crippen LogP contribution in [-0.2, 0) is 0 Å². The van der Waals surface area contributed by atoms with Gasteiger partial charge in [-0.3, -0.25) is 0 Å². The molecular formula is C12H20O. The van der Waals surface area contributed by atoms with E-state index in [1.165, 1.54) is 38.5 Å². The smallest absolute Gasteiger partial charge is 0.0599 e. The lowest BCUT2D eigenvalue weighted by atomic mass is 9.71. The molecule has 0 aromatic rings. The Hall–Kier alpha value is -0.0400. The summed E-state index contributed by atoms with van der Waals surface area (Å²) >= 11 is 0. The third kappa shape index (κ3) is 1.16. The summed E-state index contributed by atoms with van der Waals surface area (Å²) in [6.07, 6.45) is 9.30. The topological polar surface area (TPSA) is 20.2 Å². The lowest BCUT2D eigenvalue weighted by Crippen LogP contribution is -2.33. The van der Waals surface area contributed by atoms with E-state index in [9.17, 15) is 5.11 Å². The largest absolute Gasteiger partial charge is 0.393 e. The highest BCUT2D eigenvalue weighted by Crippen LogP contribution is 2.63. The van der Waals surface area contributed by atoms with Crippen molar-refractivity contribution in [1.82, 2.24) is 0 Å². The third-order valence-corrected chi connectivity index (χ3v) is 5.12. The fraction of sp³-hybridized carbons (Fsp3) is 1.00. The fourth-order valence-electron chi connectivity index (χ4n) is 3.25. The predicted molar refractivity (Wildman–Crippen MR) is 52.4 cm³/mol. The van der Waals surface area contributed by atoms with Crippen molar-refractivity contribution in [1.29, 1.82) is 0 Å². The lowest BCUT2D eigenvalue weighted by Gasteiger charge is -2.36. The van der Waals surface area contributed by atoms with Crippen molar-refractivity contribution in [3.8, 4) is 0 Å². The maximum atomic E-state index is 10.1. The van der Waals surface area contributed by atoms with Crippen molar-refractivity contribution in [3.05, 3.63) is 0 Å². The lowest BCUT2D eigenvalue weighted by molar-refractivity contribution is 0.0128. The second-order valence-corrected chi connectivity index (χ2v) is 6.00. The summed E-state index contributed by atoms with van der Waals surface area (Å²) in [5.41, 5.74) is 1.05. The molecule has 0 radical (unpaired) electrons. The Bertz CT molecular complexity index is 225. The first-order valence-electron chi connectivity index (χ1n) is 5.83. The van der Waals surface area contributed by atoms with E-state index in [4.69, 9.17) is 0 Å². The molecule has 1 nitrogen and oxygen atoms in total.